The fourth-order valence-corrected chi connectivity index (χ4v) is 3.29. The van der Waals surface area contributed by atoms with Crippen LogP contribution in [0.25, 0.3) is 0 Å². The average molecular weight is 197 g/mol. The molecule has 0 heterocycles. The van der Waals surface area contributed by atoms with E-state index in [1.54, 1.807) is 0 Å². The van der Waals surface area contributed by atoms with Crippen LogP contribution in [0.1, 0.15) is 58.8 Å². The molecule has 0 aromatic carbocycles. The van der Waals surface area contributed by atoms with Gasteiger partial charge in [0.1, 0.15) is 0 Å². The molecule has 0 unspecified atom stereocenters. The fourth-order valence-electron chi connectivity index (χ4n) is 3.29. The summed E-state index contributed by atoms with van der Waals surface area (Å²) in [4.78, 5) is 0. The Hall–Kier alpha value is -0.0400. The minimum absolute atomic E-state index is 0.592. The molecule has 1 aliphatic carbocycles. The molecule has 1 N–H and O–H groups in total. The van der Waals surface area contributed by atoms with Crippen molar-refractivity contribution in [1.82, 2.24) is 5.32 Å². The van der Waals surface area contributed by atoms with Gasteiger partial charge in [0.25, 0.3) is 0 Å². The standard InChI is InChI=1S/C13H27N/c1-4-13(5-2,11-14-3)12-9-7-6-8-10-12/h12,14H,4-11H2,1-3H3. The van der Waals surface area contributed by atoms with E-state index < -0.39 is 0 Å². The van der Waals surface area contributed by atoms with Gasteiger partial charge >= 0.3 is 0 Å². The van der Waals surface area contributed by atoms with Crippen molar-refractivity contribution in [2.24, 2.45) is 11.3 Å². The van der Waals surface area contributed by atoms with E-state index in [9.17, 15) is 0 Å². The van der Waals surface area contributed by atoms with E-state index in [1.165, 1.54) is 51.5 Å². The van der Waals surface area contributed by atoms with Crippen LogP contribution in [0.3, 0.4) is 0 Å². The van der Waals surface area contributed by atoms with Gasteiger partial charge in [-0.05, 0) is 44.1 Å². The van der Waals surface area contributed by atoms with E-state index in [1.807, 2.05) is 0 Å². The lowest BCUT2D eigenvalue weighted by Gasteiger charge is -2.42. The summed E-state index contributed by atoms with van der Waals surface area (Å²) in [5.41, 5.74) is 0.592. The largest absolute Gasteiger partial charge is 0.319 e. The Labute approximate surface area is 89.7 Å². The highest BCUT2D eigenvalue weighted by Crippen LogP contribution is 2.42. The van der Waals surface area contributed by atoms with Gasteiger partial charge in [-0.25, -0.2) is 0 Å². The quantitative estimate of drug-likeness (QED) is 0.710. The predicted octanol–water partition coefficient (Wildman–Crippen LogP) is 3.59. The Morgan fingerprint density at radius 3 is 2.07 bits per heavy atom. The number of hydrogen-bond donors (Lipinski definition) is 1. The van der Waals surface area contributed by atoms with Gasteiger partial charge in [-0.15, -0.1) is 0 Å². The number of hydrogen-bond acceptors (Lipinski definition) is 1. The molecule has 1 rings (SSSR count). The molecule has 1 nitrogen and oxygen atoms in total. The second-order valence-electron chi connectivity index (χ2n) is 4.93. The lowest BCUT2D eigenvalue weighted by Crippen LogP contribution is -2.39. The minimum atomic E-state index is 0.592. The van der Waals surface area contributed by atoms with Gasteiger partial charge in [0, 0.05) is 6.54 Å². The van der Waals surface area contributed by atoms with Gasteiger partial charge < -0.3 is 5.32 Å². The smallest absolute Gasteiger partial charge is 0.000725 e. The van der Waals surface area contributed by atoms with Crippen molar-refractivity contribution in [3.63, 3.8) is 0 Å². The molecule has 1 saturated carbocycles. The van der Waals surface area contributed by atoms with Gasteiger partial charge in [-0.2, -0.15) is 0 Å². The predicted molar refractivity (Wildman–Crippen MR) is 63.5 cm³/mol. The summed E-state index contributed by atoms with van der Waals surface area (Å²) < 4.78 is 0. The first-order valence-electron chi connectivity index (χ1n) is 6.43. The molecule has 14 heavy (non-hydrogen) atoms. The van der Waals surface area contributed by atoms with E-state index in [-0.39, 0.29) is 0 Å². The number of rotatable bonds is 5. The molecule has 0 radical (unpaired) electrons. The normalized spacial score (nSPS) is 19.9. The van der Waals surface area contributed by atoms with Crippen molar-refractivity contribution >= 4 is 0 Å². The maximum Gasteiger partial charge on any atom is 0.000725 e. The zero-order chi connectivity index (χ0) is 10.4. The van der Waals surface area contributed by atoms with Crippen LogP contribution in [0, 0.1) is 11.3 Å². The molecule has 84 valence electrons. The molecule has 0 saturated heterocycles. The van der Waals surface area contributed by atoms with Crippen molar-refractivity contribution in [2.45, 2.75) is 58.8 Å². The molecule has 0 amide bonds. The van der Waals surface area contributed by atoms with Gasteiger partial charge in [0.2, 0.25) is 0 Å². The summed E-state index contributed by atoms with van der Waals surface area (Å²) in [6, 6.07) is 0. The SMILES string of the molecule is CCC(CC)(CNC)C1CCCCC1. The molecule has 0 aliphatic heterocycles. The van der Waals surface area contributed by atoms with Crippen LogP contribution in [0.4, 0.5) is 0 Å². The Morgan fingerprint density at radius 1 is 1.07 bits per heavy atom. The summed E-state index contributed by atoms with van der Waals surface area (Å²) in [5.74, 6) is 0.985. The fraction of sp³-hybridized carbons (Fsp3) is 1.00. The topological polar surface area (TPSA) is 12.0 Å². The summed E-state index contributed by atoms with van der Waals surface area (Å²) in [7, 11) is 2.10. The zero-order valence-corrected chi connectivity index (χ0v) is 10.2. The van der Waals surface area contributed by atoms with Crippen molar-refractivity contribution < 1.29 is 0 Å². The monoisotopic (exact) mass is 197 g/mol. The summed E-state index contributed by atoms with van der Waals surface area (Å²) in [5, 5.41) is 3.41. The van der Waals surface area contributed by atoms with Crippen LogP contribution in [-0.2, 0) is 0 Å². The summed E-state index contributed by atoms with van der Waals surface area (Å²) in [6.45, 7) is 5.95. The van der Waals surface area contributed by atoms with Crippen molar-refractivity contribution in [1.29, 1.82) is 0 Å². The third-order valence-corrected chi connectivity index (χ3v) is 4.41. The molecule has 1 fully saturated rings. The Balaban J connectivity index is 2.62. The van der Waals surface area contributed by atoms with Gasteiger partial charge in [0.15, 0.2) is 0 Å². The van der Waals surface area contributed by atoms with Gasteiger partial charge in [-0.1, -0.05) is 33.1 Å². The second-order valence-corrected chi connectivity index (χ2v) is 4.93. The van der Waals surface area contributed by atoms with Crippen LogP contribution < -0.4 is 5.32 Å². The first-order valence-corrected chi connectivity index (χ1v) is 6.43. The van der Waals surface area contributed by atoms with E-state index in [4.69, 9.17) is 0 Å². The van der Waals surface area contributed by atoms with Crippen LogP contribution in [0.2, 0.25) is 0 Å². The van der Waals surface area contributed by atoms with E-state index in [2.05, 4.69) is 26.2 Å². The highest BCUT2D eigenvalue weighted by Gasteiger charge is 2.35. The van der Waals surface area contributed by atoms with Crippen LogP contribution >= 0.6 is 0 Å². The van der Waals surface area contributed by atoms with Crippen molar-refractivity contribution in [3.8, 4) is 0 Å². The molecule has 0 aromatic heterocycles. The molecule has 0 aromatic rings. The molecule has 0 spiro atoms. The maximum absolute atomic E-state index is 3.41. The van der Waals surface area contributed by atoms with Crippen molar-refractivity contribution in [2.75, 3.05) is 13.6 Å². The average Bonchev–Trinajstić information content (AvgIpc) is 2.27. The Morgan fingerprint density at radius 2 is 1.64 bits per heavy atom. The molecule has 1 aliphatic rings. The van der Waals surface area contributed by atoms with Crippen molar-refractivity contribution in [3.05, 3.63) is 0 Å². The van der Waals surface area contributed by atoms with E-state index in [0.717, 1.165) is 5.92 Å². The van der Waals surface area contributed by atoms with Gasteiger partial charge in [-0.3, -0.25) is 0 Å². The Bertz CT molecular complexity index is 143. The molecule has 0 bridgehead atoms. The molecular formula is C13H27N. The van der Waals surface area contributed by atoms with E-state index >= 15 is 0 Å². The second kappa shape index (κ2) is 5.75. The zero-order valence-electron chi connectivity index (χ0n) is 10.2. The molecule has 1 heteroatoms. The highest BCUT2D eigenvalue weighted by molar-refractivity contribution is 4.87. The maximum atomic E-state index is 3.41. The highest BCUT2D eigenvalue weighted by atomic mass is 14.8. The third-order valence-electron chi connectivity index (χ3n) is 4.41. The Kier molecular flexibility index (Phi) is 4.94. The third kappa shape index (κ3) is 2.50. The lowest BCUT2D eigenvalue weighted by atomic mass is 9.65. The summed E-state index contributed by atoms with van der Waals surface area (Å²) >= 11 is 0. The van der Waals surface area contributed by atoms with E-state index in [0.29, 0.717) is 5.41 Å². The molecular weight excluding hydrogens is 170 g/mol. The number of nitrogens with one attached hydrogen (secondary N) is 1. The first kappa shape index (κ1) is 12.0. The minimum Gasteiger partial charge on any atom is -0.319 e. The lowest BCUT2D eigenvalue weighted by molar-refractivity contribution is 0.104. The van der Waals surface area contributed by atoms with Crippen LogP contribution in [0.5, 0.6) is 0 Å². The molecule has 0 atom stereocenters. The van der Waals surface area contributed by atoms with Crippen LogP contribution in [-0.4, -0.2) is 13.6 Å². The van der Waals surface area contributed by atoms with Gasteiger partial charge in [0.05, 0.1) is 0 Å². The van der Waals surface area contributed by atoms with Crippen LogP contribution in [0.15, 0.2) is 0 Å². The first-order chi connectivity index (χ1) is 6.79. The summed E-state index contributed by atoms with van der Waals surface area (Å²) in [6.07, 6.45) is 10.0.